The molecule has 25 heavy (non-hydrogen) atoms. The minimum Gasteiger partial charge on any atom is -0.361 e. The van der Waals surface area contributed by atoms with E-state index in [1.165, 1.54) is 12.1 Å². The van der Waals surface area contributed by atoms with E-state index in [9.17, 15) is 13.9 Å². The van der Waals surface area contributed by atoms with Gasteiger partial charge in [-0.25, -0.2) is 0 Å². The fourth-order valence-electron chi connectivity index (χ4n) is 2.65. The fourth-order valence-corrected chi connectivity index (χ4v) is 3.65. The van der Waals surface area contributed by atoms with Crippen LogP contribution in [0, 0.1) is 6.92 Å². The van der Waals surface area contributed by atoms with Crippen molar-refractivity contribution < 1.29 is 13.2 Å². The summed E-state index contributed by atoms with van der Waals surface area (Å²) in [6, 6.07) is 13.6. The number of hydrogen-bond acceptors (Lipinski definition) is 2. The third kappa shape index (κ3) is 3.03. The largest absolute Gasteiger partial charge is 0.367 e. The first kappa shape index (κ1) is 16.8. The Morgan fingerprint density at radius 1 is 1.20 bits per heavy atom. The Kier molecular flexibility index (Phi) is 4.35. The second-order valence-electron chi connectivity index (χ2n) is 5.57. The molecule has 0 saturated heterocycles. The van der Waals surface area contributed by atoms with Crippen molar-refractivity contribution >= 4 is 27.3 Å². The van der Waals surface area contributed by atoms with Crippen LogP contribution in [0.25, 0.3) is 5.53 Å². The quantitative estimate of drug-likeness (QED) is 0.482. The lowest BCUT2D eigenvalue weighted by molar-refractivity contribution is -0.000207. The van der Waals surface area contributed by atoms with E-state index in [-0.39, 0.29) is 16.4 Å². The Hall–Kier alpha value is -3.02. The molecule has 0 atom stereocenters. The summed E-state index contributed by atoms with van der Waals surface area (Å²) in [5.41, 5.74) is 11.8. The average Bonchev–Trinajstić information content (AvgIpc) is 2.88. The highest BCUT2D eigenvalue weighted by atomic mass is 32.2. The van der Waals surface area contributed by atoms with E-state index < -0.39 is 10.0 Å². The number of amidine groups is 1. The second kappa shape index (κ2) is 6.47. The maximum absolute atomic E-state index is 12.7. The third-order valence-electron chi connectivity index (χ3n) is 3.85. The lowest BCUT2D eigenvalue weighted by atomic mass is 10.1. The van der Waals surface area contributed by atoms with E-state index in [2.05, 4.69) is 15.8 Å². The average molecular weight is 352 g/mol. The Bertz CT molecular complexity index is 1020. The van der Waals surface area contributed by atoms with Crippen LogP contribution in [-0.4, -0.2) is 31.3 Å². The number of benzene rings is 2. The molecule has 0 saturated carbocycles. The molecule has 2 aromatic carbocycles. The lowest BCUT2D eigenvalue weighted by Crippen LogP contribution is -2.32. The van der Waals surface area contributed by atoms with Crippen LogP contribution in [0.3, 0.4) is 0 Å². The summed E-state index contributed by atoms with van der Waals surface area (Å²) in [5.74, 6) is 0.0733. The molecule has 0 radical (unpaired) electrons. The summed E-state index contributed by atoms with van der Waals surface area (Å²) in [5, 5.41) is 0. The number of fused-ring (bicyclic) bond motifs is 1. The summed E-state index contributed by atoms with van der Waals surface area (Å²) < 4.78 is 29.3. The van der Waals surface area contributed by atoms with Gasteiger partial charge >= 0.3 is 5.71 Å². The molecule has 126 valence electrons. The van der Waals surface area contributed by atoms with Gasteiger partial charge in [-0.05, 0) is 31.2 Å². The Labute approximate surface area is 146 Å². The van der Waals surface area contributed by atoms with Crippen LogP contribution in [0.2, 0.25) is 0 Å². The number of aryl methyl sites for hydroxylation is 1. The first-order valence-electron chi connectivity index (χ1n) is 7.60. The van der Waals surface area contributed by atoms with Gasteiger partial charge in [0.25, 0.3) is 10.0 Å². The van der Waals surface area contributed by atoms with Crippen molar-refractivity contribution in [2.75, 3.05) is 11.4 Å². The molecule has 3 rings (SSSR count). The molecule has 0 bridgehead atoms. The van der Waals surface area contributed by atoms with Gasteiger partial charge in [-0.15, -0.1) is 11.0 Å². The molecule has 0 aromatic heterocycles. The monoisotopic (exact) mass is 352 g/mol. The number of nitrogens with zero attached hydrogens (tertiary/aromatic N) is 4. The molecule has 0 amide bonds. The van der Waals surface area contributed by atoms with Gasteiger partial charge in [0.2, 0.25) is 5.84 Å². The zero-order valence-electron chi connectivity index (χ0n) is 13.6. The molecule has 0 unspecified atom stereocenters. The maximum atomic E-state index is 12.7. The van der Waals surface area contributed by atoms with Crippen LogP contribution >= 0.6 is 0 Å². The molecule has 0 aliphatic carbocycles. The van der Waals surface area contributed by atoms with E-state index >= 15 is 0 Å². The van der Waals surface area contributed by atoms with Crippen molar-refractivity contribution in [3.8, 4) is 0 Å². The Morgan fingerprint density at radius 3 is 2.52 bits per heavy atom. The molecule has 0 fully saturated rings. The van der Waals surface area contributed by atoms with Crippen molar-refractivity contribution in [1.82, 2.24) is 0 Å². The Morgan fingerprint density at radius 2 is 1.88 bits per heavy atom. The predicted octanol–water partition coefficient (Wildman–Crippen LogP) is 2.81. The van der Waals surface area contributed by atoms with E-state index in [1.54, 1.807) is 35.2 Å². The highest BCUT2D eigenvalue weighted by Gasteiger charge is 2.39. The molecule has 1 aliphatic rings. The van der Waals surface area contributed by atoms with Crippen LogP contribution in [-0.2, 0) is 10.0 Å². The molecule has 0 spiro atoms. The van der Waals surface area contributed by atoms with E-state index in [4.69, 9.17) is 0 Å². The fraction of sp³-hybridized carbons (Fsp3) is 0.111. The summed E-state index contributed by atoms with van der Waals surface area (Å²) >= 11 is 0. The van der Waals surface area contributed by atoms with Gasteiger partial charge in [0.05, 0.1) is 16.1 Å². The summed E-state index contributed by atoms with van der Waals surface area (Å²) in [4.78, 5) is 5.02. The van der Waals surface area contributed by atoms with Crippen LogP contribution < -0.4 is 4.90 Å². The minimum atomic E-state index is -3.95. The summed E-state index contributed by atoms with van der Waals surface area (Å²) in [7, 11) is -3.95. The second-order valence-corrected chi connectivity index (χ2v) is 7.17. The first-order chi connectivity index (χ1) is 12.0. The van der Waals surface area contributed by atoms with Gasteiger partial charge in [-0.1, -0.05) is 35.9 Å². The molecular weight excluding hydrogens is 336 g/mol. The lowest BCUT2D eigenvalue weighted by Gasteiger charge is -2.15. The minimum absolute atomic E-state index is 0.0733. The van der Waals surface area contributed by atoms with Gasteiger partial charge in [0, 0.05) is 6.54 Å². The number of sulfonamides is 1. The van der Waals surface area contributed by atoms with Crippen molar-refractivity contribution in [3.05, 3.63) is 77.8 Å². The van der Waals surface area contributed by atoms with Crippen molar-refractivity contribution in [2.24, 2.45) is 4.40 Å². The number of para-hydroxylation sites is 1. The van der Waals surface area contributed by atoms with Crippen molar-refractivity contribution in [2.45, 2.75) is 11.8 Å². The summed E-state index contributed by atoms with van der Waals surface area (Å²) in [6.07, 6.45) is 1.63. The smallest absolute Gasteiger partial charge is 0.361 e. The van der Waals surface area contributed by atoms with Gasteiger partial charge in [-0.2, -0.15) is 13.2 Å². The molecule has 7 heteroatoms. The maximum Gasteiger partial charge on any atom is 0.367 e. The van der Waals surface area contributed by atoms with Crippen molar-refractivity contribution in [3.63, 3.8) is 0 Å². The van der Waals surface area contributed by atoms with Crippen LogP contribution in [0.4, 0.5) is 5.69 Å². The number of anilines is 1. The van der Waals surface area contributed by atoms with Gasteiger partial charge in [0.1, 0.15) is 0 Å². The zero-order chi connectivity index (χ0) is 18.0. The van der Waals surface area contributed by atoms with Gasteiger partial charge in [0.15, 0.2) is 0 Å². The molecule has 2 aromatic rings. The normalized spacial score (nSPS) is 15.2. The first-order valence-corrected chi connectivity index (χ1v) is 9.04. The highest BCUT2D eigenvalue weighted by molar-refractivity contribution is 7.90. The van der Waals surface area contributed by atoms with E-state index in [1.807, 2.05) is 19.1 Å². The van der Waals surface area contributed by atoms with Crippen LogP contribution in [0.1, 0.15) is 11.1 Å². The zero-order valence-corrected chi connectivity index (χ0v) is 14.4. The number of rotatable bonds is 4. The third-order valence-corrected chi connectivity index (χ3v) is 5.14. The van der Waals surface area contributed by atoms with Crippen molar-refractivity contribution in [1.29, 1.82) is 0 Å². The SMILES string of the molecule is C=CCN1/C(=N\S(=O)(=O)c2ccc(C)cc2)C(=[N+]=[N-])c2ccccc21. The number of hydrogen-bond donors (Lipinski definition) is 0. The van der Waals surface area contributed by atoms with Gasteiger partial charge in [-0.3, -0.25) is 0 Å². The summed E-state index contributed by atoms with van der Waals surface area (Å²) in [6.45, 7) is 5.90. The molecular formula is C18H16N4O2S. The molecule has 0 N–H and O–H groups in total. The topological polar surface area (TPSA) is 86.1 Å². The van der Waals surface area contributed by atoms with E-state index in [0.717, 1.165) is 5.56 Å². The molecule has 1 heterocycles. The molecule has 6 nitrogen and oxygen atoms in total. The van der Waals surface area contributed by atoms with Crippen LogP contribution in [0.15, 0.2) is 70.5 Å². The predicted molar refractivity (Wildman–Crippen MR) is 97.5 cm³/mol. The standard InChI is InChI=1S/C18H16N4O2S/c1-3-12-22-16-7-5-4-6-15(16)17(20-19)18(22)21-25(23,24)14-10-8-13(2)9-11-14/h3-11H,1,12H2,2H3/b21-18-. The molecule has 1 aliphatic heterocycles. The highest BCUT2D eigenvalue weighted by Crippen LogP contribution is 2.30. The van der Waals surface area contributed by atoms with Crippen LogP contribution in [0.5, 0.6) is 0 Å². The Balaban J connectivity index is 2.17. The van der Waals surface area contributed by atoms with Gasteiger partial charge < -0.3 is 10.4 Å². The van der Waals surface area contributed by atoms with E-state index in [0.29, 0.717) is 17.8 Å².